The van der Waals surface area contributed by atoms with Crippen LogP contribution < -0.4 is 11.1 Å². The average Bonchev–Trinajstić information content (AvgIpc) is 2.91. The van der Waals surface area contributed by atoms with E-state index in [1.165, 1.54) is 0 Å². The standard InChI is InChI=1S/C14H19ClN2O2S/c1-2-20-13-6-3-9(15)7-11(13)17-14(18)12-5-4-10(8-16)19-12/h3,6-7,10,12H,2,4-5,8,16H2,1H3,(H,17,18)/t10-,12+/m1/s1. The van der Waals surface area contributed by atoms with Crippen LogP contribution in [-0.4, -0.2) is 30.4 Å². The molecule has 1 fully saturated rings. The number of hydrogen-bond acceptors (Lipinski definition) is 4. The zero-order valence-corrected chi connectivity index (χ0v) is 13.0. The van der Waals surface area contributed by atoms with Crippen LogP contribution in [0.25, 0.3) is 0 Å². The van der Waals surface area contributed by atoms with Crippen molar-refractivity contribution in [1.82, 2.24) is 0 Å². The molecule has 0 spiro atoms. The van der Waals surface area contributed by atoms with Gasteiger partial charge in [0.1, 0.15) is 6.10 Å². The highest BCUT2D eigenvalue weighted by Gasteiger charge is 2.30. The fourth-order valence-electron chi connectivity index (χ4n) is 2.17. The first-order valence-electron chi connectivity index (χ1n) is 6.72. The molecule has 0 unspecified atom stereocenters. The third-order valence-electron chi connectivity index (χ3n) is 3.16. The topological polar surface area (TPSA) is 64.4 Å². The van der Waals surface area contributed by atoms with Crippen LogP contribution in [0.2, 0.25) is 5.02 Å². The molecule has 0 aromatic heterocycles. The van der Waals surface area contributed by atoms with Crippen molar-refractivity contribution in [3.8, 4) is 0 Å². The van der Waals surface area contributed by atoms with Crippen LogP contribution in [0.15, 0.2) is 23.1 Å². The number of anilines is 1. The molecular weight excluding hydrogens is 296 g/mol. The van der Waals surface area contributed by atoms with Gasteiger partial charge in [-0.15, -0.1) is 11.8 Å². The second kappa shape index (κ2) is 7.31. The molecule has 1 aliphatic rings. The van der Waals surface area contributed by atoms with Gasteiger partial charge in [0.15, 0.2) is 0 Å². The molecule has 1 amide bonds. The lowest BCUT2D eigenvalue weighted by atomic mass is 10.2. The SMILES string of the molecule is CCSc1ccc(Cl)cc1NC(=O)[C@@H]1CC[C@H](CN)O1. The smallest absolute Gasteiger partial charge is 0.253 e. The quantitative estimate of drug-likeness (QED) is 0.820. The molecule has 1 aromatic rings. The van der Waals surface area contributed by atoms with Crippen LogP contribution in [0.1, 0.15) is 19.8 Å². The van der Waals surface area contributed by atoms with E-state index in [1.54, 1.807) is 17.8 Å². The molecule has 0 bridgehead atoms. The van der Waals surface area contributed by atoms with E-state index < -0.39 is 6.10 Å². The predicted octanol–water partition coefficient (Wildman–Crippen LogP) is 2.90. The lowest BCUT2D eigenvalue weighted by Gasteiger charge is -2.15. The van der Waals surface area contributed by atoms with Crippen LogP contribution in [0.3, 0.4) is 0 Å². The highest BCUT2D eigenvalue weighted by Crippen LogP contribution is 2.30. The number of nitrogens with two attached hydrogens (primary N) is 1. The van der Waals surface area contributed by atoms with Gasteiger partial charge in [0.25, 0.3) is 5.91 Å². The summed E-state index contributed by atoms with van der Waals surface area (Å²) in [4.78, 5) is 13.2. The number of nitrogens with one attached hydrogen (secondary N) is 1. The van der Waals surface area contributed by atoms with E-state index in [2.05, 4.69) is 12.2 Å². The van der Waals surface area contributed by atoms with E-state index in [0.29, 0.717) is 18.0 Å². The summed E-state index contributed by atoms with van der Waals surface area (Å²) in [6, 6.07) is 5.52. The number of rotatable bonds is 5. The minimum Gasteiger partial charge on any atom is -0.364 e. The molecule has 2 rings (SSSR count). The normalized spacial score (nSPS) is 21.9. The minimum absolute atomic E-state index is 0.00500. The number of halogens is 1. The van der Waals surface area contributed by atoms with Gasteiger partial charge in [-0.3, -0.25) is 4.79 Å². The first kappa shape index (κ1) is 15.6. The summed E-state index contributed by atoms with van der Waals surface area (Å²) in [5.74, 6) is 0.806. The first-order chi connectivity index (χ1) is 9.63. The lowest BCUT2D eigenvalue weighted by Crippen LogP contribution is -2.30. The number of ether oxygens (including phenoxy) is 1. The number of amides is 1. The van der Waals surface area contributed by atoms with Crippen molar-refractivity contribution in [2.24, 2.45) is 5.73 Å². The molecule has 0 radical (unpaired) electrons. The van der Waals surface area contributed by atoms with Crippen molar-refractivity contribution < 1.29 is 9.53 Å². The Bertz CT molecular complexity index is 484. The van der Waals surface area contributed by atoms with Gasteiger partial charge in [0, 0.05) is 16.5 Å². The molecule has 1 aliphatic heterocycles. The van der Waals surface area contributed by atoms with Gasteiger partial charge < -0.3 is 15.8 Å². The van der Waals surface area contributed by atoms with Gasteiger partial charge in [-0.2, -0.15) is 0 Å². The number of hydrogen-bond donors (Lipinski definition) is 2. The number of carbonyl (C=O) groups is 1. The Kier molecular flexibility index (Phi) is 5.72. The minimum atomic E-state index is -0.415. The predicted molar refractivity (Wildman–Crippen MR) is 83.4 cm³/mol. The summed E-state index contributed by atoms with van der Waals surface area (Å²) in [6.45, 7) is 2.52. The third kappa shape index (κ3) is 3.88. The molecule has 0 saturated carbocycles. The summed E-state index contributed by atoms with van der Waals surface area (Å²) in [5.41, 5.74) is 6.30. The second-order valence-corrected chi connectivity index (χ2v) is 6.36. The van der Waals surface area contributed by atoms with Crippen molar-refractivity contribution in [2.75, 3.05) is 17.6 Å². The molecule has 20 heavy (non-hydrogen) atoms. The van der Waals surface area contributed by atoms with Gasteiger partial charge in [-0.25, -0.2) is 0 Å². The van der Waals surface area contributed by atoms with Gasteiger partial charge in [0.2, 0.25) is 0 Å². The van der Waals surface area contributed by atoms with Crippen molar-refractivity contribution in [2.45, 2.75) is 36.9 Å². The fraction of sp³-hybridized carbons (Fsp3) is 0.500. The van der Waals surface area contributed by atoms with E-state index in [1.807, 2.05) is 12.1 Å². The Morgan fingerprint density at radius 3 is 3.00 bits per heavy atom. The Labute approximate surface area is 128 Å². The molecule has 110 valence electrons. The summed E-state index contributed by atoms with van der Waals surface area (Å²) >= 11 is 7.66. The first-order valence-corrected chi connectivity index (χ1v) is 8.09. The number of carbonyl (C=O) groups excluding carboxylic acids is 1. The molecule has 1 aromatic carbocycles. The summed E-state index contributed by atoms with van der Waals surface area (Å²) in [5, 5.41) is 3.52. The lowest BCUT2D eigenvalue weighted by molar-refractivity contribution is -0.126. The summed E-state index contributed by atoms with van der Waals surface area (Å²) < 4.78 is 5.60. The maximum Gasteiger partial charge on any atom is 0.253 e. The second-order valence-electron chi connectivity index (χ2n) is 4.62. The summed E-state index contributed by atoms with van der Waals surface area (Å²) in [7, 11) is 0. The third-order valence-corrected chi connectivity index (χ3v) is 4.35. The largest absolute Gasteiger partial charge is 0.364 e. The number of thioether (sulfide) groups is 1. The summed E-state index contributed by atoms with van der Waals surface area (Å²) in [6.07, 6.45) is 1.13. The molecule has 6 heteroatoms. The van der Waals surface area contributed by atoms with Crippen LogP contribution in [0.5, 0.6) is 0 Å². The van der Waals surface area contributed by atoms with Crippen LogP contribution in [0.4, 0.5) is 5.69 Å². The highest BCUT2D eigenvalue weighted by molar-refractivity contribution is 7.99. The van der Waals surface area contributed by atoms with Gasteiger partial charge in [-0.1, -0.05) is 18.5 Å². The molecule has 4 nitrogen and oxygen atoms in total. The van der Waals surface area contributed by atoms with Crippen molar-refractivity contribution >= 4 is 35.0 Å². The Hall–Kier alpha value is -0.750. The Morgan fingerprint density at radius 2 is 2.35 bits per heavy atom. The molecule has 0 aliphatic carbocycles. The van der Waals surface area contributed by atoms with E-state index in [-0.39, 0.29) is 12.0 Å². The Balaban J connectivity index is 2.05. The van der Waals surface area contributed by atoms with Crippen LogP contribution in [-0.2, 0) is 9.53 Å². The van der Waals surface area contributed by atoms with Crippen molar-refractivity contribution in [3.63, 3.8) is 0 Å². The van der Waals surface area contributed by atoms with Gasteiger partial charge >= 0.3 is 0 Å². The monoisotopic (exact) mass is 314 g/mol. The molecule has 1 saturated heterocycles. The van der Waals surface area contributed by atoms with Crippen molar-refractivity contribution in [1.29, 1.82) is 0 Å². The van der Waals surface area contributed by atoms with E-state index >= 15 is 0 Å². The molecule has 3 N–H and O–H groups in total. The maximum atomic E-state index is 12.2. The van der Waals surface area contributed by atoms with Gasteiger partial charge in [0.05, 0.1) is 11.8 Å². The van der Waals surface area contributed by atoms with E-state index in [4.69, 9.17) is 22.1 Å². The molecule has 1 heterocycles. The highest BCUT2D eigenvalue weighted by atomic mass is 35.5. The number of benzene rings is 1. The molecular formula is C14H19ClN2O2S. The van der Waals surface area contributed by atoms with Crippen LogP contribution in [0, 0.1) is 0 Å². The zero-order chi connectivity index (χ0) is 14.5. The van der Waals surface area contributed by atoms with E-state index in [0.717, 1.165) is 22.8 Å². The molecule has 2 atom stereocenters. The van der Waals surface area contributed by atoms with Gasteiger partial charge in [-0.05, 0) is 36.8 Å². The maximum absolute atomic E-state index is 12.2. The van der Waals surface area contributed by atoms with E-state index in [9.17, 15) is 4.79 Å². The zero-order valence-electron chi connectivity index (χ0n) is 11.4. The van der Waals surface area contributed by atoms with Crippen molar-refractivity contribution in [3.05, 3.63) is 23.2 Å². The Morgan fingerprint density at radius 1 is 1.55 bits per heavy atom. The van der Waals surface area contributed by atoms with Crippen LogP contribution >= 0.6 is 23.4 Å². The fourth-order valence-corrected chi connectivity index (χ4v) is 3.08. The average molecular weight is 315 g/mol.